The summed E-state index contributed by atoms with van der Waals surface area (Å²) >= 11 is 2.96. The van der Waals surface area contributed by atoms with Crippen LogP contribution in [0.1, 0.15) is 4.88 Å². The average molecular weight is 294 g/mol. The van der Waals surface area contributed by atoms with Crippen molar-refractivity contribution in [3.8, 4) is 5.75 Å². The third-order valence-corrected chi connectivity index (χ3v) is 4.14. The fourth-order valence-corrected chi connectivity index (χ4v) is 2.77. The van der Waals surface area contributed by atoms with Crippen LogP contribution in [0.5, 0.6) is 5.75 Å². The third kappa shape index (κ3) is 4.25. The van der Waals surface area contributed by atoms with Crippen LogP contribution in [0, 0.1) is 6.92 Å². The van der Waals surface area contributed by atoms with Crippen molar-refractivity contribution in [3.05, 3.63) is 35.3 Å². The molecule has 1 aromatic carbocycles. The van der Waals surface area contributed by atoms with Gasteiger partial charge in [-0.15, -0.1) is 23.1 Å². The highest BCUT2D eigenvalue weighted by Gasteiger charge is 2.06. The number of thioether (sulfide) groups is 1. The molecule has 100 valence electrons. The Balaban J connectivity index is 1.82. The molecule has 0 saturated carbocycles. The molecule has 2 rings (SSSR count). The minimum absolute atomic E-state index is 0.0461. The maximum Gasteiger partial charge on any atom is 0.236 e. The van der Waals surface area contributed by atoms with Gasteiger partial charge in [-0.25, -0.2) is 4.98 Å². The van der Waals surface area contributed by atoms with Crippen molar-refractivity contribution in [2.45, 2.75) is 11.8 Å². The number of thiazole rings is 1. The summed E-state index contributed by atoms with van der Waals surface area (Å²) in [6.07, 6.45) is 1.75. The summed E-state index contributed by atoms with van der Waals surface area (Å²) in [6, 6.07) is 7.63. The first kappa shape index (κ1) is 13.9. The zero-order chi connectivity index (χ0) is 13.7. The molecule has 1 heterocycles. The number of anilines is 1. The van der Waals surface area contributed by atoms with Crippen LogP contribution in [-0.4, -0.2) is 23.8 Å². The predicted octanol–water partition coefficient (Wildman–Crippen LogP) is 3.19. The van der Waals surface area contributed by atoms with Crippen LogP contribution in [-0.2, 0) is 4.79 Å². The number of hydrogen-bond acceptors (Lipinski definition) is 5. The number of methoxy groups -OCH3 is 1. The van der Waals surface area contributed by atoms with E-state index in [1.54, 1.807) is 13.3 Å². The van der Waals surface area contributed by atoms with Crippen molar-refractivity contribution in [3.63, 3.8) is 0 Å². The van der Waals surface area contributed by atoms with E-state index in [1.165, 1.54) is 23.1 Å². The van der Waals surface area contributed by atoms with E-state index in [0.717, 1.165) is 15.5 Å². The van der Waals surface area contributed by atoms with Gasteiger partial charge in [-0.05, 0) is 31.2 Å². The minimum atomic E-state index is -0.0461. The quantitative estimate of drug-likeness (QED) is 0.860. The number of hydrogen-bond donors (Lipinski definition) is 1. The number of amides is 1. The van der Waals surface area contributed by atoms with E-state index in [9.17, 15) is 4.79 Å². The number of nitrogens with one attached hydrogen (secondary N) is 1. The number of ether oxygens (including phenoxy) is 1. The van der Waals surface area contributed by atoms with Gasteiger partial charge in [0.05, 0.1) is 12.9 Å². The van der Waals surface area contributed by atoms with Crippen molar-refractivity contribution in [2.24, 2.45) is 0 Å². The maximum absolute atomic E-state index is 11.7. The molecule has 0 spiro atoms. The van der Waals surface area contributed by atoms with Crippen LogP contribution >= 0.6 is 23.1 Å². The minimum Gasteiger partial charge on any atom is -0.497 e. The Morgan fingerprint density at radius 3 is 2.74 bits per heavy atom. The standard InChI is InChI=1S/C13H14N2O2S2/c1-9-7-14-13(19-9)15-12(16)8-18-11-5-3-10(17-2)4-6-11/h3-7H,8H2,1-2H3,(H,14,15,16). The lowest BCUT2D eigenvalue weighted by atomic mass is 10.3. The van der Waals surface area contributed by atoms with E-state index in [4.69, 9.17) is 4.74 Å². The van der Waals surface area contributed by atoms with E-state index in [-0.39, 0.29) is 5.91 Å². The molecule has 0 aliphatic heterocycles. The lowest BCUT2D eigenvalue weighted by molar-refractivity contribution is -0.113. The van der Waals surface area contributed by atoms with Gasteiger partial charge >= 0.3 is 0 Å². The molecule has 4 nitrogen and oxygen atoms in total. The molecule has 0 radical (unpaired) electrons. The van der Waals surface area contributed by atoms with Crippen molar-refractivity contribution in [1.29, 1.82) is 0 Å². The Labute approximate surface area is 120 Å². The van der Waals surface area contributed by atoms with Crippen LogP contribution in [0.3, 0.4) is 0 Å². The lowest BCUT2D eigenvalue weighted by Crippen LogP contribution is -2.13. The van der Waals surface area contributed by atoms with Crippen LogP contribution in [0.4, 0.5) is 5.13 Å². The molecule has 2 aromatic rings. The Bertz CT molecular complexity index is 552. The first-order chi connectivity index (χ1) is 9.17. The zero-order valence-electron chi connectivity index (χ0n) is 10.7. The fraction of sp³-hybridized carbons (Fsp3) is 0.231. The molecule has 6 heteroatoms. The number of nitrogens with zero attached hydrogens (tertiary/aromatic N) is 1. The van der Waals surface area contributed by atoms with Gasteiger partial charge in [-0.2, -0.15) is 0 Å². The van der Waals surface area contributed by atoms with Gasteiger partial charge in [0.25, 0.3) is 0 Å². The molecule has 0 fully saturated rings. The molecule has 19 heavy (non-hydrogen) atoms. The second-order valence-corrected chi connectivity index (χ2v) is 6.07. The highest BCUT2D eigenvalue weighted by Crippen LogP contribution is 2.22. The highest BCUT2D eigenvalue weighted by molar-refractivity contribution is 8.00. The van der Waals surface area contributed by atoms with Crippen molar-refractivity contribution in [2.75, 3.05) is 18.2 Å². The van der Waals surface area contributed by atoms with Gasteiger partial charge < -0.3 is 10.1 Å². The third-order valence-electron chi connectivity index (χ3n) is 2.30. The Kier molecular flexibility index (Phi) is 4.81. The number of carbonyl (C=O) groups excluding carboxylic acids is 1. The summed E-state index contributed by atoms with van der Waals surface area (Å²) < 4.78 is 5.08. The molecular weight excluding hydrogens is 280 g/mol. The molecule has 0 aliphatic carbocycles. The van der Waals surface area contributed by atoms with Gasteiger partial charge in [0.2, 0.25) is 5.91 Å². The predicted molar refractivity (Wildman–Crippen MR) is 79.2 cm³/mol. The van der Waals surface area contributed by atoms with E-state index in [0.29, 0.717) is 10.9 Å². The second kappa shape index (κ2) is 6.58. The maximum atomic E-state index is 11.7. The second-order valence-electron chi connectivity index (χ2n) is 3.79. The smallest absolute Gasteiger partial charge is 0.236 e. The molecular formula is C13H14N2O2S2. The number of carbonyl (C=O) groups is 1. The van der Waals surface area contributed by atoms with E-state index >= 15 is 0 Å². The molecule has 1 amide bonds. The Hall–Kier alpha value is -1.53. The van der Waals surface area contributed by atoms with Crippen molar-refractivity contribution in [1.82, 2.24) is 4.98 Å². The van der Waals surface area contributed by atoms with Gasteiger partial charge in [-0.3, -0.25) is 4.79 Å². The summed E-state index contributed by atoms with van der Waals surface area (Å²) in [4.78, 5) is 17.9. The number of aryl methyl sites for hydroxylation is 1. The Morgan fingerprint density at radius 2 is 2.16 bits per heavy atom. The van der Waals surface area contributed by atoms with Crippen LogP contribution < -0.4 is 10.1 Å². The molecule has 1 aromatic heterocycles. The summed E-state index contributed by atoms with van der Waals surface area (Å²) in [5, 5.41) is 3.43. The normalized spacial score (nSPS) is 10.2. The summed E-state index contributed by atoms with van der Waals surface area (Å²) in [6.45, 7) is 1.96. The molecule has 0 bridgehead atoms. The van der Waals surface area contributed by atoms with Gasteiger partial charge in [0.1, 0.15) is 5.75 Å². The summed E-state index contributed by atoms with van der Waals surface area (Å²) in [7, 11) is 1.63. The van der Waals surface area contributed by atoms with Gasteiger partial charge in [-0.1, -0.05) is 0 Å². The Morgan fingerprint density at radius 1 is 1.42 bits per heavy atom. The lowest BCUT2D eigenvalue weighted by Gasteiger charge is -2.03. The average Bonchev–Trinajstić information content (AvgIpc) is 2.82. The fourth-order valence-electron chi connectivity index (χ4n) is 1.39. The summed E-state index contributed by atoms with van der Waals surface area (Å²) in [5.41, 5.74) is 0. The number of rotatable bonds is 5. The zero-order valence-corrected chi connectivity index (χ0v) is 12.3. The highest BCUT2D eigenvalue weighted by atomic mass is 32.2. The van der Waals surface area contributed by atoms with Crippen molar-refractivity contribution >= 4 is 34.1 Å². The van der Waals surface area contributed by atoms with Crippen LogP contribution in [0.2, 0.25) is 0 Å². The van der Waals surface area contributed by atoms with Crippen LogP contribution in [0.25, 0.3) is 0 Å². The van der Waals surface area contributed by atoms with E-state index in [1.807, 2.05) is 31.2 Å². The van der Waals surface area contributed by atoms with Crippen LogP contribution in [0.15, 0.2) is 35.4 Å². The first-order valence-electron chi connectivity index (χ1n) is 5.66. The van der Waals surface area contributed by atoms with E-state index < -0.39 is 0 Å². The van der Waals surface area contributed by atoms with E-state index in [2.05, 4.69) is 10.3 Å². The topological polar surface area (TPSA) is 51.2 Å². The van der Waals surface area contributed by atoms with Crippen molar-refractivity contribution < 1.29 is 9.53 Å². The monoisotopic (exact) mass is 294 g/mol. The van der Waals surface area contributed by atoms with Gasteiger partial charge in [0.15, 0.2) is 5.13 Å². The molecule has 0 saturated heterocycles. The molecule has 1 N–H and O–H groups in total. The SMILES string of the molecule is COc1ccc(SCC(=O)Nc2ncc(C)s2)cc1. The van der Waals surface area contributed by atoms with Gasteiger partial charge in [0, 0.05) is 16.0 Å². The summed E-state index contributed by atoms with van der Waals surface area (Å²) in [5.74, 6) is 1.13. The molecule has 0 atom stereocenters. The first-order valence-corrected chi connectivity index (χ1v) is 7.47. The molecule has 0 aliphatic rings. The number of benzene rings is 1. The largest absolute Gasteiger partial charge is 0.497 e. The molecule has 0 unspecified atom stereocenters. The number of aromatic nitrogens is 1.